The molecule has 1 aromatic rings. The number of benzene rings is 1. The maximum atomic E-state index is 12.4. The second-order valence-electron chi connectivity index (χ2n) is 6.61. The lowest BCUT2D eigenvalue weighted by Crippen LogP contribution is -2.45. The first-order valence-electron chi connectivity index (χ1n) is 8.61. The molecule has 0 bridgehead atoms. The molecule has 24 heavy (non-hydrogen) atoms. The fraction of sp³-hybridized carbons (Fsp3) is 0.611. The van der Waals surface area contributed by atoms with E-state index >= 15 is 0 Å². The molecule has 0 radical (unpaired) electrons. The highest BCUT2D eigenvalue weighted by Crippen LogP contribution is 2.36. The highest BCUT2D eigenvalue weighted by Gasteiger charge is 2.28. The average molecular weight is 333 g/mol. The molecule has 1 fully saturated rings. The largest absolute Gasteiger partial charge is 0.490 e. The molecule has 6 heteroatoms. The quantitative estimate of drug-likeness (QED) is 0.911. The Bertz CT molecular complexity index is 599. The molecule has 0 aliphatic carbocycles. The van der Waals surface area contributed by atoms with Gasteiger partial charge in [-0.3, -0.25) is 4.90 Å². The van der Waals surface area contributed by atoms with E-state index in [4.69, 9.17) is 9.47 Å². The van der Waals surface area contributed by atoms with Gasteiger partial charge < -0.3 is 19.7 Å². The standard InChI is InChI=1S/C18H27N3O3/c1-13-4-5-15-16(12-24-17(15)14(13)2)19-18(22)20(3)6-7-21-8-10-23-11-9-21/h4-5,16H,6-12H2,1-3H3,(H,19,22)/t16-/m1/s1. The molecule has 6 nitrogen and oxygen atoms in total. The van der Waals surface area contributed by atoms with E-state index in [-0.39, 0.29) is 12.1 Å². The normalized spacial score (nSPS) is 20.4. The number of rotatable bonds is 4. The molecule has 1 saturated heterocycles. The summed E-state index contributed by atoms with van der Waals surface area (Å²) in [6.45, 7) is 9.67. The van der Waals surface area contributed by atoms with Crippen LogP contribution in [0, 0.1) is 13.8 Å². The van der Waals surface area contributed by atoms with E-state index in [1.54, 1.807) is 4.90 Å². The van der Waals surface area contributed by atoms with Gasteiger partial charge in [-0.25, -0.2) is 4.79 Å². The van der Waals surface area contributed by atoms with Crippen molar-refractivity contribution < 1.29 is 14.3 Å². The number of ether oxygens (including phenoxy) is 2. The molecule has 0 saturated carbocycles. The summed E-state index contributed by atoms with van der Waals surface area (Å²) in [7, 11) is 1.84. The first kappa shape index (κ1) is 17.0. The molecular weight excluding hydrogens is 306 g/mol. The lowest BCUT2D eigenvalue weighted by molar-refractivity contribution is 0.0356. The van der Waals surface area contributed by atoms with Gasteiger partial charge in [0.2, 0.25) is 0 Å². The van der Waals surface area contributed by atoms with Crippen LogP contribution < -0.4 is 10.1 Å². The molecule has 3 rings (SSSR count). The van der Waals surface area contributed by atoms with Crippen LogP contribution in [0.4, 0.5) is 4.79 Å². The smallest absolute Gasteiger partial charge is 0.317 e. The Balaban J connectivity index is 1.53. The lowest BCUT2D eigenvalue weighted by atomic mass is 10.0. The van der Waals surface area contributed by atoms with Gasteiger partial charge in [-0.1, -0.05) is 12.1 Å². The number of nitrogens with zero attached hydrogens (tertiary/aromatic N) is 2. The summed E-state index contributed by atoms with van der Waals surface area (Å²) < 4.78 is 11.1. The van der Waals surface area contributed by atoms with E-state index in [2.05, 4.69) is 36.2 Å². The van der Waals surface area contributed by atoms with E-state index in [1.807, 2.05) is 7.05 Å². The number of hydrogen-bond acceptors (Lipinski definition) is 4. The second kappa shape index (κ2) is 7.40. The van der Waals surface area contributed by atoms with Crippen LogP contribution in [-0.4, -0.2) is 68.9 Å². The molecule has 2 aliphatic heterocycles. The third-order valence-electron chi connectivity index (χ3n) is 4.98. The number of likely N-dealkylation sites (N-methyl/N-ethyl adjacent to an activating group) is 1. The van der Waals surface area contributed by atoms with Gasteiger partial charge in [0.1, 0.15) is 12.4 Å². The van der Waals surface area contributed by atoms with E-state index < -0.39 is 0 Å². The van der Waals surface area contributed by atoms with Crippen LogP contribution in [0.1, 0.15) is 22.7 Å². The van der Waals surface area contributed by atoms with Gasteiger partial charge in [-0.2, -0.15) is 0 Å². The number of aryl methyl sites for hydroxylation is 1. The number of nitrogens with one attached hydrogen (secondary N) is 1. The fourth-order valence-electron chi connectivity index (χ4n) is 3.13. The molecule has 1 atom stereocenters. The van der Waals surface area contributed by atoms with Crippen LogP contribution in [-0.2, 0) is 4.74 Å². The van der Waals surface area contributed by atoms with Crippen molar-refractivity contribution in [2.45, 2.75) is 19.9 Å². The zero-order valence-corrected chi connectivity index (χ0v) is 14.8. The number of urea groups is 1. The highest BCUT2D eigenvalue weighted by molar-refractivity contribution is 5.75. The molecule has 0 spiro atoms. The van der Waals surface area contributed by atoms with Crippen LogP contribution in [0.15, 0.2) is 12.1 Å². The fourth-order valence-corrected chi connectivity index (χ4v) is 3.13. The van der Waals surface area contributed by atoms with Crippen molar-refractivity contribution in [1.82, 2.24) is 15.1 Å². The first-order chi connectivity index (χ1) is 11.6. The second-order valence-corrected chi connectivity index (χ2v) is 6.61. The van der Waals surface area contributed by atoms with Crippen molar-refractivity contribution >= 4 is 6.03 Å². The van der Waals surface area contributed by atoms with Crippen LogP contribution in [0.5, 0.6) is 5.75 Å². The van der Waals surface area contributed by atoms with Crippen molar-refractivity contribution in [1.29, 1.82) is 0 Å². The molecule has 2 heterocycles. The number of amides is 2. The Kier molecular flexibility index (Phi) is 5.26. The summed E-state index contributed by atoms with van der Waals surface area (Å²) in [5.74, 6) is 0.927. The van der Waals surface area contributed by atoms with Crippen molar-refractivity contribution in [2.24, 2.45) is 0 Å². The maximum absolute atomic E-state index is 12.4. The Hall–Kier alpha value is -1.79. The number of hydrogen-bond donors (Lipinski definition) is 1. The summed E-state index contributed by atoms with van der Waals surface area (Å²) in [5.41, 5.74) is 3.45. The summed E-state index contributed by atoms with van der Waals surface area (Å²) in [4.78, 5) is 16.5. The molecular formula is C18H27N3O3. The third kappa shape index (κ3) is 3.65. The van der Waals surface area contributed by atoms with E-state index in [1.165, 1.54) is 5.56 Å². The minimum Gasteiger partial charge on any atom is -0.490 e. The number of carbonyl (C=O) groups is 1. The minimum atomic E-state index is -0.0716. The van der Waals surface area contributed by atoms with Gasteiger partial charge in [0, 0.05) is 38.8 Å². The van der Waals surface area contributed by atoms with E-state index in [0.29, 0.717) is 13.2 Å². The monoisotopic (exact) mass is 333 g/mol. The average Bonchev–Trinajstić information content (AvgIpc) is 3.00. The molecule has 132 valence electrons. The van der Waals surface area contributed by atoms with Crippen molar-refractivity contribution in [3.05, 3.63) is 28.8 Å². The van der Waals surface area contributed by atoms with Crippen LogP contribution >= 0.6 is 0 Å². The summed E-state index contributed by atoms with van der Waals surface area (Å²) in [5, 5.41) is 3.09. The van der Waals surface area contributed by atoms with Gasteiger partial charge in [0.15, 0.2) is 0 Å². The predicted octanol–water partition coefficient (Wildman–Crippen LogP) is 1.71. The predicted molar refractivity (Wildman–Crippen MR) is 92.6 cm³/mol. The molecule has 0 aromatic heterocycles. The van der Waals surface area contributed by atoms with Gasteiger partial charge in [0.25, 0.3) is 0 Å². The zero-order valence-electron chi connectivity index (χ0n) is 14.8. The molecule has 2 amide bonds. The van der Waals surface area contributed by atoms with Gasteiger partial charge in [-0.05, 0) is 25.0 Å². The number of morpholine rings is 1. The summed E-state index contributed by atoms with van der Waals surface area (Å²) in [6, 6.07) is 4.02. The lowest BCUT2D eigenvalue weighted by Gasteiger charge is -2.29. The van der Waals surface area contributed by atoms with E-state index in [9.17, 15) is 4.79 Å². The summed E-state index contributed by atoms with van der Waals surface area (Å²) in [6.07, 6.45) is 0. The molecule has 1 aromatic carbocycles. The van der Waals surface area contributed by atoms with Crippen molar-refractivity contribution in [2.75, 3.05) is 53.0 Å². The van der Waals surface area contributed by atoms with Gasteiger partial charge in [0.05, 0.1) is 19.3 Å². The van der Waals surface area contributed by atoms with Gasteiger partial charge >= 0.3 is 6.03 Å². The molecule has 0 unspecified atom stereocenters. The maximum Gasteiger partial charge on any atom is 0.317 e. The Labute approximate surface area is 143 Å². The SMILES string of the molecule is Cc1ccc2c(c1C)OC[C@H]2NC(=O)N(C)CCN1CCOCC1. The minimum absolute atomic E-state index is 0.0528. The van der Waals surface area contributed by atoms with Crippen molar-refractivity contribution in [3.63, 3.8) is 0 Å². The number of carbonyl (C=O) groups excluding carboxylic acids is 1. The van der Waals surface area contributed by atoms with Gasteiger partial charge in [-0.15, -0.1) is 0 Å². The van der Waals surface area contributed by atoms with E-state index in [0.717, 1.165) is 49.7 Å². The molecule has 2 aliphatic rings. The van der Waals surface area contributed by atoms with Crippen molar-refractivity contribution in [3.8, 4) is 5.75 Å². The van der Waals surface area contributed by atoms with Crippen LogP contribution in [0.3, 0.4) is 0 Å². The Morgan fingerprint density at radius 2 is 2.08 bits per heavy atom. The summed E-state index contributed by atoms with van der Waals surface area (Å²) >= 11 is 0. The zero-order chi connectivity index (χ0) is 17.1. The molecule has 1 N–H and O–H groups in total. The Morgan fingerprint density at radius 1 is 1.33 bits per heavy atom. The highest BCUT2D eigenvalue weighted by atomic mass is 16.5. The van der Waals surface area contributed by atoms with Crippen LogP contribution in [0.2, 0.25) is 0 Å². The third-order valence-corrected chi connectivity index (χ3v) is 4.98. The Morgan fingerprint density at radius 3 is 2.83 bits per heavy atom. The first-order valence-corrected chi connectivity index (χ1v) is 8.61. The van der Waals surface area contributed by atoms with Crippen LogP contribution in [0.25, 0.3) is 0 Å². The number of fused-ring (bicyclic) bond motifs is 1. The topological polar surface area (TPSA) is 54.0 Å².